The lowest BCUT2D eigenvalue weighted by Crippen LogP contribution is -2.57. The van der Waals surface area contributed by atoms with E-state index >= 15 is 8.78 Å². The maximum absolute atomic E-state index is 15.7. The van der Waals surface area contributed by atoms with E-state index in [9.17, 15) is 19.5 Å². The molecule has 3 atom stereocenters. The molecular weight excluding hydrogens is 502 g/mol. The standard InChI is InChI=1S/C27H36F2N2O7/c1-7-37-14-17(25(33)38-8-2)23(32)16-11-18(28)22(24(36-6)21(16)29)30-12-15-9-10-20(27(3,4)5)31(26(34)35)19(15)13-30/h11,14-15,19-20H,7-10,12-13H2,1-6H3,(H,34,35)/t15-,19+,20?/m0/s1. The predicted molar refractivity (Wildman–Crippen MR) is 135 cm³/mol. The minimum absolute atomic E-state index is 0.0323. The quantitative estimate of drug-likeness (QED) is 0.128. The molecule has 9 nitrogen and oxygen atoms in total. The van der Waals surface area contributed by atoms with Gasteiger partial charge in [0.1, 0.15) is 17.5 Å². The number of fused-ring (bicyclic) bond motifs is 1. The second kappa shape index (κ2) is 11.6. The Balaban J connectivity index is 2.01. The van der Waals surface area contributed by atoms with E-state index < -0.39 is 52.4 Å². The summed E-state index contributed by atoms with van der Waals surface area (Å²) in [6.07, 6.45) is 1.22. The van der Waals surface area contributed by atoms with Gasteiger partial charge in [0.25, 0.3) is 0 Å². The molecule has 2 aliphatic rings. The fourth-order valence-corrected chi connectivity index (χ4v) is 5.46. The van der Waals surface area contributed by atoms with Gasteiger partial charge in [-0.25, -0.2) is 18.4 Å². The van der Waals surface area contributed by atoms with Gasteiger partial charge in [-0.3, -0.25) is 9.69 Å². The number of nitrogens with zero attached hydrogens (tertiary/aromatic N) is 2. The molecule has 1 N–H and O–H groups in total. The number of methoxy groups -OCH3 is 1. The molecule has 11 heteroatoms. The van der Waals surface area contributed by atoms with Crippen molar-refractivity contribution in [3.05, 3.63) is 35.1 Å². The third kappa shape index (κ3) is 5.56. The fourth-order valence-electron chi connectivity index (χ4n) is 5.46. The van der Waals surface area contributed by atoms with Gasteiger partial charge in [0.2, 0.25) is 5.78 Å². The number of carbonyl (C=O) groups is 3. The summed E-state index contributed by atoms with van der Waals surface area (Å²) in [6, 6.07) is 0.0928. The molecule has 3 rings (SSSR count). The number of hydrogen-bond acceptors (Lipinski definition) is 7. The van der Waals surface area contributed by atoms with Crippen LogP contribution in [0.1, 0.15) is 57.8 Å². The zero-order chi connectivity index (χ0) is 28.4. The van der Waals surface area contributed by atoms with Crippen molar-refractivity contribution in [3.8, 4) is 5.75 Å². The van der Waals surface area contributed by atoms with E-state index in [2.05, 4.69) is 0 Å². The first-order valence-corrected chi connectivity index (χ1v) is 12.7. The number of ether oxygens (including phenoxy) is 3. The van der Waals surface area contributed by atoms with Gasteiger partial charge >= 0.3 is 12.1 Å². The van der Waals surface area contributed by atoms with E-state index in [4.69, 9.17) is 14.2 Å². The summed E-state index contributed by atoms with van der Waals surface area (Å²) in [7, 11) is 1.15. The molecule has 0 saturated carbocycles. The first kappa shape index (κ1) is 29.2. The molecule has 1 unspecified atom stereocenters. The van der Waals surface area contributed by atoms with Gasteiger partial charge in [-0.2, -0.15) is 0 Å². The van der Waals surface area contributed by atoms with Crippen molar-refractivity contribution in [2.24, 2.45) is 11.3 Å². The fraction of sp³-hybridized carbons (Fsp3) is 0.593. The molecule has 38 heavy (non-hydrogen) atoms. The Kier molecular flexibility index (Phi) is 8.89. The largest absolute Gasteiger partial charge is 0.500 e. The summed E-state index contributed by atoms with van der Waals surface area (Å²) in [5, 5.41) is 10.0. The van der Waals surface area contributed by atoms with Gasteiger partial charge in [-0.05, 0) is 44.1 Å². The normalized spacial score (nSPS) is 21.7. The lowest BCUT2D eigenvalue weighted by molar-refractivity contribution is -0.138. The van der Waals surface area contributed by atoms with Gasteiger partial charge in [-0.15, -0.1) is 0 Å². The highest BCUT2D eigenvalue weighted by Gasteiger charge is 2.49. The Morgan fingerprint density at radius 2 is 1.82 bits per heavy atom. The van der Waals surface area contributed by atoms with Gasteiger partial charge in [0.05, 0.1) is 31.9 Å². The molecule has 2 aliphatic heterocycles. The lowest BCUT2D eigenvalue weighted by atomic mass is 9.76. The van der Waals surface area contributed by atoms with E-state index in [0.717, 1.165) is 25.9 Å². The van der Waals surface area contributed by atoms with Crippen LogP contribution in [0.5, 0.6) is 5.75 Å². The van der Waals surface area contributed by atoms with E-state index in [1.807, 2.05) is 20.8 Å². The zero-order valence-corrected chi connectivity index (χ0v) is 22.7. The van der Waals surface area contributed by atoms with Crippen LogP contribution in [-0.2, 0) is 14.3 Å². The third-order valence-electron chi connectivity index (χ3n) is 7.15. The molecule has 0 bridgehead atoms. The monoisotopic (exact) mass is 538 g/mol. The smallest absolute Gasteiger partial charge is 0.407 e. The van der Waals surface area contributed by atoms with E-state index in [-0.39, 0.29) is 42.8 Å². The number of benzene rings is 1. The van der Waals surface area contributed by atoms with Gasteiger partial charge in [0, 0.05) is 19.1 Å². The first-order chi connectivity index (χ1) is 17.9. The summed E-state index contributed by atoms with van der Waals surface area (Å²) in [5.41, 5.74) is -1.78. The number of carbonyl (C=O) groups excluding carboxylic acids is 2. The van der Waals surface area contributed by atoms with Crippen molar-refractivity contribution in [2.75, 3.05) is 38.3 Å². The molecule has 2 fully saturated rings. The van der Waals surface area contributed by atoms with Crippen LogP contribution in [0.2, 0.25) is 0 Å². The molecule has 1 aromatic carbocycles. The van der Waals surface area contributed by atoms with Crippen molar-refractivity contribution >= 4 is 23.5 Å². The number of piperidine rings is 1. The average Bonchev–Trinajstić information content (AvgIpc) is 3.27. The van der Waals surface area contributed by atoms with Crippen LogP contribution in [0, 0.1) is 23.0 Å². The summed E-state index contributed by atoms with van der Waals surface area (Å²) in [5.74, 6) is -4.79. The summed E-state index contributed by atoms with van der Waals surface area (Å²) >= 11 is 0. The number of carboxylic acid groups (broad SMARTS) is 1. The van der Waals surface area contributed by atoms with Crippen molar-refractivity contribution in [2.45, 2.75) is 59.5 Å². The van der Waals surface area contributed by atoms with Crippen LogP contribution in [0.25, 0.3) is 0 Å². The first-order valence-electron chi connectivity index (χ1n) is 12.7. The maximum atomic E-state index is 15.7. The van der Waals surface area contributed by atoms with Crippen molar-refractivity contribution in [1.29, 1.82) is 0 Å². The minimum atomic E-state index is -1.14. The lowest BCUT2D eigenvalue weighted by Gasteiger charge is -2.47. The molecule has 210 valence electrons. The Bertz CT molecular complexity index is 1120. The Labute approximate surface area is 221 Å². The predicted octanol–water partition coefficient (Wildman–Crippen LogP) is 4.63. The highest BCUT2D eigenvalue weighted by atomic mass is 19.1. The van der Waals surface area contributed by atoms with Crippen LogP contribution < -0.4 is 9.64 Å². The Morgan fingerprint density at radius 3 is 2.37 bits per heavy atom. The number of ketones is 1. The Hall–Kier alpha value is -3.37. The summed E-state index contributed by atoms with van der Waals surface area (Å²) in [4.78, 5) is 40.7. The van der Waals surface area contributed by atoms with Gasteiger partial charge in [-0.1, -0.05) is 20.8 Å². The molecule has 2 saturated heterocycles. The zero-order valence-electron chi connectivity index (χ0n) is 22.7. The number of halogens is 2. The van der Waals surface area contributed by atoms with E-state index in [1.165, 1.54) is 4.90 Å². The topological polar surface area (TPSA) is 106 Å². The van der Waals surface area contributed by atoms with Crippen molar-refractivity contribution in [1.82, 2.24) is 4.90 Å². The number of hydrogen-bond donors (Lipinski definition) is 1. The molecule has 2 heterocycles. The van der Waals surface area contributed by atoms with Crippen LogP contribution in [0.3, 0.4) is 0 Å². The number of esters is 1. The van der Waals surface area contributed by atoms with Gasteiger partial charge in [0.15, 0.2) is 17.4 Å². The van der Waals surface area contributed by atoms with Crippen LogP contribution in [-0.4, -0.2) is 73.3 Å². The second-order valence-electron chi connectivity index (χ2n) is 10.5. The maximum Gasteiger partial charge on any atom is 0.407 e. The van der Waals surface area contributed by atoms with Crippen LogP contribution >= 0.6 is 0 Å². The molecule has 0 aliphatic carbocycles. The Morgan fingerprint density at radius 1 is 1.13 bits per heavy atom. The molecule has 0 spiro atoms. The highest BCUT2D eigenvalue weighted by molar-refractivity contribution is 6.24. The molecule has 1 aromatic rings. The van der Waals surface area contributed by atoms with E-state index in [0.29, 0.717) is 13.0 Å². The molecule has 0 radical (unpaired) electrons. The number of anilines is 1. The minimum Gasteiger partial charge on any atom is -0.500 e. The highest BCUT2D eigenvalue weighted by Crippen LogP contribution is 2.44. The van der Waals surface area contributed by atoms with Crippen molar-refractivity contribution in [3.63, 3.8) is 0 Å². The molecular formula is C27H36F2N2O7. The SMILES string of the molecule is CCOC=C(C(=O)OCC)C(=O)c1cc(F)c(N2C[C@@H]3CCC(C(C)(C)C)N(C(=O)O)[C@@H]3C2)c(OC)c1F. The number of likely N-dealkylation sites (tertiary alicyclic amines) is 1. The second-order valence-corrected chi connectivity index (χ2v) is 10.5. The van der Waals surface area contributed by atoms with Crippen molar-refractivity contribution < 1.29 is 42.5 Å². The van der Waals surface area contributed by atoms with E-state index in [1.54, 1.807) is 18.7 Å². The van der Waals surface area contributed by atoms with Gasteiger partial charge < -0.3 is 24.2 Å². The van der Waals surface area contributed by atoms with Crippen LogP contribution in [0.15, 0.2) is 17.9 Å². The molecule has 0 aromatic heterocycles. The van der Waals surface area contributed by atoms with Crippen LogP contribution in [0.4, 0.5) is 19.3 Å². The average molecular weight is 539 g/mol. The molecule has 1 amide bonds. The number of Topliss-reactive ketones (excluding diaryl/α,β-unsaturated/α-hetero) is 1. The summed E-state index contributed by atoms with van der Waals surface area (Å²) in [6.45, 7) is 9.67. The third-order valence-corrected chi connectivity index (χ3v) is 7.15. The summed E-state index contributed by atoms with van der Waals surface area (Å²) < 4.78 is 46.5. The number of rotatable bonds is 8. The number of amides is 1.